The topological polar surface area (TPSA) is 67.2 Å². The first kappa shape index (κ1) is 21.7. The van der Waals surface area contributed by atoms with E-state index in [-0.39, 0.29) is 17.9 Å². The average molecular weight is 463 g/mol. The molecule has 0 saturated heterocycles. The van der Waals surface area contributed by atoms with Crippen LogP contribution in [0.3, 0.4) is 0 Å². The minimum Gasteiger partial charge on any atom is -0.349 e. The van der Waals surface area contributed by atoms with Gasteiger partial charge in [0.2, 0.25) is 5.91 Å². The molecule has 3 aromatic rings. The number of carbonyl (C=O) groups is 2. The highest BCUT2D eigenvalue weighted by atomic mass is 35.5. The predicted molar refractivity (Wildman–Crippen MR) is 129 cm³/mol. The third-order valence-electron chi connectivity index (χ3n) is 6.51. The maximum atomic E-state index is 12.8. The first-order valence-electron chi connectivity index (χ1n) is 11.6. The molecular formula is C26H27ClN4O2. The molecule has 5 rings (SSSR count). The zero-order valence-electron chi connectivity index (χ0n) is 18.5. The average Bonchev–Trinajstić information content (AvgIpc) is 3.27. The Bertz CT molecular complexity index is 1150. The van der Waals surface area contributed by atoms with Crippen LogP contribution >= 0.6 is 11.6 Å². The number of aromatic nitrogens is 2. The van der Waals surface area contributed by atoms with Crippen LogP contribution in [-0.4, -0.2) is 27.6 Å². The Morgan fingerprint density at radius 1 is 1.03 bits per heavy atom. The van der Waals surface area contributed by atoms with Crippen molar-refractivity contribution < 1.29 is 9.59 Å². The Hall–Kier alpha value is -3.12. The van der Waals surface area contributed by atoms with Gasteiger partial charge in [-0.15, -0.1) is 0 Å². The number of carbonyl (C=O) groups excluding carboxylic acids is 2. The molecule has 0 bridgehead atoms. The summed E-state index contributed by atoms with van der Waals surface area (Å²) in [6.07, 6.45) is 6.17. The standard InChI is InChI=1S/C26H27ClN4O2/c27-21-12-10-19(11-13-21)23-16-24-30(25(32)14-15-31(24)29-23)17-18-6-8-20(9-7-18)26(33)28-22-4-2-1-3-5-22/h6-13,16,22H,1-5,14-15,17H2,(H,28,33). The Morgan fingerprint density at radius 3 is 2.48 bits per heavy atom. The number of benzene rings is 2. The van der Waals surface area contributed by atoms with Crippen LogP contribution in [-0.2, 0) is 17.9 Å². The molecule has 33 heavy (non-hydrogen) atoms. The summed E-state index contributed by atoms with van der Waals surface area (Å²) in [5.74, 6) is 0.840. The van der Waals surface area contributed by atoms with Gasteiger partial charge in [-0.1, -0.05) is 55.1 Å². The fraction of sp³-hybridized carbons (Fsp3) is 0.346. The number of hydrogen-bond acceptors (Lipinski definition) is 3. The van der Waals surface area contributed by atoms with Crippen LogP contribution < -0.4 is 10.2 Å². The molecule has 2 aromatic carbocycles. The summed E-state index contributed by atoms with van der Waals surface area (Å²) in [5.41, 5.74) is 3.41. The van der Waals surface area contributed by atoms with Crippen LogP contribution in [0.5, 0.6) is 0 Å². The second-order valence-corrected chi connectivity index (χ2v) is 9.29. The summed E-state index contributed by atoms with van der Waals surface area (Å²) in [7, 11) is 0. The molecule has 1 aliphatic heterocycles. The fourth-order valence-electron chi connectivity index (χ4n) is 4.64. The summed E-state index contributed by atoms with van der Waals surface area (Å²) in [6, 6.07) is 17.3. The van der Waals surface area contributed by atoms with Crippen LogP contribution in [0, 0.1) is 0 Å². The molecule has 0 radical (unpaired) electrons. The molecule has 1 saturated carbocycles. The van der Waals surface area contributed by atoms with Crippen molar-refractivity contribution in [3.05, 3.63) is 70.7 Å². The summed E-state index contributed by atoms with van der Waals surface area (Å²) < 4.78 is 1.89. The van der Waals surface area contributed by atoms with Crippen LogP contribution in [0.1, 0.15) is 54.4 Å². The highest BCUT2D eigenvalue weighted by Crippen LogP contribution is 2.30. The largest absolute Gasteiger partial charge is 0.349 e. The van der Waals surface area contributed by atoms with Crippen molar-refractivity contribution in [2.45, 2.75) is 57.7 Å². The van der Waals surface area contributed by atoms with Crippen LogP contribution in [0.15, 0.2) is 54.6 Å². The minimum absolute atomic E-state index is 0.0202. The normalized spacial score (nSPS) is 16.5. The second kappa shape index (κ2) is 9.40. The van der Waals surface area contributed by atoms with Crippen LogP contribution in [0.4, 0.5) is 5.82 Å². The number of nitrogens with zero attached hydrogens (tertiary/aromatic N) is 3. The minimum atomic E-state index is -0.0202. The molecule has 1 fully saturated rings. The molecule has 170 valence electrons. The number of rotatable bonds is 5. The van der Waals surface area contributed by atoms with Gasteiger partial charge >= 0.3 is 0 Å². The van der Waals surface area contributed by atoms with E-state index in [1.54, 1.807) is 4.90 Å². The van der Waals surface area contributed by atoms with E-state index in [0.717, 1.165) is 35.5 Å². The fourth-order valence-corrected chi connectivity index (χ4v) is 4.77. The predicted octanol–water partition coefficient (Wildman–Crippen LogP) is 5.20. The van der Waals surface area contributed by atoms with Crippen molar-refractivity contribution >= 4 is 29.2 Å². The summed E-state index contributed by atoms with van der Waals surface area (Å²) in [6.45, 7) is 1.01. The van der Waals surface area contributed by atoms with E-state index in [2.05, 4.69) is 5.32 Å². The molecule has 7 heteroatoms. The SMILES string of the molecule is O=C(NC1CCCCC1)c1ccc(CN2C(=O)CCn3nc(-c4ccc(Cl)cc4)cc32)cc1. The van der Waals surface area contributed by atoms with E-state index >= 15 is 0 Å². The summed E-state index contributed by atoms with van der Waals surface area (Å²) in [5, 5.41) is 8.53. The second-order valence-electron chi connectivity index (χ2n) is 8.85. The van der Waals surface area contributed by atoms with E-state index in [0.29, 0.717) is 30.1 Å². The number of anilines is 1. The van der Waals surface area contributed by atoms with Crippen LogP contribution in [0.25, 0.3) is 11.3 Å². The molecule has 0 spiro atoms. The summed E-state index contributed by atoms with van der Waals surface area (Å²) >= 11 is 6.01. The van der Waals surface area contributed by atoms with Crippen molar-refractivity contribution in [3.63, 3.8) is 0 Å². The zero-order chi connectivity index (χ0) is 22.8. The van der Waals surface area contributed by atoms with Crippen molar-refractivity contribution in [3.8, 4) is 11.3 Å². The number of nitrogens with one attached hydrogen (secondary N) is 1. The van der Waals surface area contributed by atoms with Gasteiger partial charge in [-0.25, -0.2) is 4.68 Å². The molecule has 1 N–H and O–H groups in total. The third kappa shape index (κ3) is 4.81. The number of aryl methyl sites for hydroxylation is 1. The number of hydrogen-bond donors (Lipinski definition) is 1. The lowest BCUT2D eigenvalue weighted by Gasteiger charge is -2.27. The molecule has 6 nitrogen and oxygen atoms in total. The van der Waals surface area contributed by atoms with E-state index in [1.807, 2.05) is 59.3 Å². The quantitative estimate of drug-likeness (QED) is 0.566. The van der Waals surface area contributed by atoms with E-state index < -0.39 is 0 Å². The molecule has 2 heterocycles. The van der Waals surface area contributed by atoms with Gasteiger partial charge in [0, 0.05) is 34.7 Å². The smallest absolute Gasteiger partial charge is 0.251 e. The molecule has 0 unspecified atom stereocenters. The van der Waals surface area contributed by atoms with Gasteiger partial charge in [0.25, 0.3) is 5.91 Å². The lowest BCUT2D eigenvalue weighted by Crippen LogP contribution is -2.37. The monoisotopic (exact) mass is 462 g/mol. The zero-order valence-corrected chi connectivity index (χ0v) is 19.2. The van der Waals surface area contributed by atoms with E-state index in [9.17, 15) is 9.59 Å². The van der Waals surface area contributed by atoms with Gasteiger partial charge in [0.15, 0.2) is 0 Å². The molecule has 0 atom stereocenters. The molecule has 2 aliphatic rings. The maximum absolute atomic E-state index is 12.8. The molecule has 1 aliphatic carbocycles. The lowest BCUT2D eigenvalue weighted by molar-refractivity contribution is -0.119. The lowest BCUT2D eigenvalue weighted by atomic mass is 9.95. The first-order valence-corrected chi connectivity index (χ1v) is 12.0. The number of fused-ring (bicyclic) bond motifs is 1. The van der Waals surface area contributed by atoms with E-state index in [4.69, 9.17) is 16.7 Å². The first-order chi connectivity index (χ1) is 16.1. The third-order valence-corrected chi connectivity index (χ3v) is 6.76. The van der Waals surface area contributed by atoms with Gasteiger partial charge in [0.1, 0.15) is 5.82 Å². The van der Waals surface area contributed by atoms with Gasteiger partial charge in [-0.2, -0.15) is 5.10 Å². The molecular weight excluding hydrogens is 436 g/mol. The Balaban J connectivity index is 1.30. The van der Waals surface area contributed by atoms with Crippen molar-refractivity contribution in [1.29, 1.82) is 0 Å². The Labute approximate surface area is 198 Å². The van der Waals surface area contributed by atoms with Crippen molar-refractivity contribution in [2.75, 3.05) is 4.90 Å². The van der Waals surface area contributed by atoms with E-state index in [1.165, 1.54) is 19.3 Å². The van der Waals surface area contributed by atoms with Gasteiger partial charge in [-0.05, 0) is 42.7 Å². The van der Waals surface area contributed by atoms with Crippen LogP contribution in [0.2, 0.25) is 5.02 Å². The number of amides is 2. The number of halogens is 1. The van der Waals surface area contributed by atoms with Gasteiger partial charge < -0.3 is 5.32 Å². The Morgan fingerprint density at radius 2 is 1.76 bits per heavy atom. The van der Waals surface area contributed by atoms with Crippen molar-refractivity contribution in [1.82, 2.24) is 15.1 Å². The highest BCUT2D eigenvalue weighted by Gasteiger charge is 2.26. The molecule has 1 aromatic heterocycles. The van der Waals surface area contributed by atoms with Gasteiger partial charge in [0.05, 0.1) is 18.8 Å². The summed E-state index contributed by atoms with van der Waals surface area (Å²) in [4.78, 5) is 27.1. The maximum Gasteiger partial charge on any atom is 0.251 e. The van der Waals surface area contributed by atoms with Crippen molar-refractivity contribution in [2.24, 2.45) is 0 Å². The van der Waals surface area contributed by atoms with Gasteiger partial charge in [-0.3, -0.25) is 14.5 Å². The molecule has 2 amide bonds. The highest BCUT2D eigenvalue weighted by molar-refractivity contribution is 6.30. The Kier molecular flexibility index (Phi) is 6.18.